The largest absolute Gasteiger partial charge is 0.481 e. The summed E-state index contributed by atoms with van der Waals surface area (Å²) in [6, 6.07) is 1.44. The Morgan fingerprint density at radius 3 is 2.54 bits per heavy atom. The molecule has 0 fully saturated rings. The van der Waals surface area contributed by atoms with Crippen LogP contribution in [-0.2, 0) is 11.2 Å². The Morgan fingerprint density at radius 1 is 1.38 bits per heavy atom. The van der Waals surface area contributed by atoms with Crippen LogP contribution in [0.5, 0.6) is 0 Å². The number of aromatic carboxylic acids is 1. The highest BCUT2D eigenvalue weighted by molar-refractivity contribution is 5.85. The molecule has 13 heavy (non-hydrogen) atoms. The molecule has 70 valence electrons. The minimum atomic E-state index is -1.04. The van der Waals surface area contributed by atoms with Crippen LogP contribution in [0.25, 0.3) is 0 Å². The third-order valence-electron chi connectivity index (χ3n) is 1.60. The first-order valence-corrected chi connectivity index (χ1v) is 3.72. The SMILES string of the molecule is O=C(O)CCc1c[nH]c(C(=O)O)c1. The number of aromatic nitrogens is 1. The van der Waals surface area contributed by atoms with Crippen LogP contribution in [0, 0.1) is 0 Å². The number of H-pyrrole nitrogens is 1. The molecule has 0 aromatic carbocycles. The van der Waals surface area contributed by atoms with Gasteiger partial charge in [-0.15, -0.1) is 0 Å². The molecular weight excluding hydrogens is 174 g/mol. The van der Waals surface area contributed by atoms with E-state index >= 15 is 0 Å². The molecule has 0 bridgehead atoms. The minimum Gasteiger partial charge on any atom is -0.481 e. The predicted octanol–water partition coefficient (Wildman–Crippen LogP) is 0.730. The summed E-state index contributed by atoms with van der Waals surface area (Å²) in [5, 5.41) is 16.9. The van der Waals surface area contributed by atoms with Gasteiger partial charge in [0.15, 0.2) is 0 Å². The van der Waals surface area contributed by atoms with E-state index in [2.05, 4.69) is 4.98 Å². The minimum absolute atomic E-state index is 0.0108. The molecule has 0 atom stereocenters. The summed E-state index contributed by atoms with van der Waals surface area (Å²) in [4.78, 5) is 23.1. The molecule has 0 aliphatic rings. The highest BCUT2D eigenvalue weighted by atomic mass is 16.4. The molecule has 3 N–H and O–H groups in total. The van der Waals surface area contributed by atoms with Crippen LogP contribution in [0.4, 0.5) is 0 Å². The zero-order chi connectivity index (χ0) is 9.84. The molecule has 1 aromatic rings. The number of carbonyl (C=O) groups is 2. The van der Waals surface area contributed by atoms with Gasteiger partial charge in [0.05, 0.1) is 0 Å². The molecule has 0 radical (unpaired) electrons. The van der Waals surface area contributed by atoms with Crippen molar-refractivity contribution in [1.29, 1.82) is 0 Å². The molecule has 1 heterocycles. The van der Waals surface area contributed by atoms with Crippen LogP contribution in [0.15, 0.2) is 12.3 Å². The van der Waals surface area contributed by atoms with E-state index in [1.165, 1.54) is 12.3 Å². The van der Waals surface area contributed by atoms with Gasteiger partial charge >= 0.3 is 11.9 Å². The Bertz CT molecular complexity index is 329. The molecule has 0 unspecified atom stereocenters. The van der Waals surface area contributed by atoms with Crippen LogP contribution < -0.4 is 0 Å². The van der Waals surface area contributed by atoms with E-state index in [0.29, 0.717) is 12.0 Å². The van der Waals surface area contributed by atoms with Gasteiger partial charge in [0.1, 0.15) is 5.69 Å². The van der Waals surface area contributed by atoms with Crippen molar-refractivity contribution in [2.24, 2.45) is 0 Å². The van der Waals surface area contributed by atoms with Crippen molar-refractivity contribution in [3.05, 3.63) is 23.5 Å². The third kappa shape index (κ3) is 2.62. The highest BCUT2D eigenvalue weighted by Gasteiger charge is 2.06. The zero-order valence-electron chi connectivity index (χ0n) is 6.78. The average Bonchev–Trinajstić information content (AvgIpc) is 2.48. The molecule has 0 aliphatic heterocycles. The summed E-state index contributed by atoms with van der Waals surface area (Å²) in [6.45, 7) is 0. The fourth-order valence-electron chi connectivity index (χ4n) is 0.958. The number of aryl methyl sites for hydroxylation is 1. The van der Waals surface area contributed by atoms with Crippen LogP contribution in [-0.4, -0.2) is 27.1 Å². The number of rotatable bonds is 4. The van der Waals surface area contributed by atoms with Crippen molar-refractivity contribution < 1.29 is 19.8 Å². The second-order valence-electron chi connectivity index (χ2n) is 2.62. The summed E-state index contributed by atoms with van der Waals surface area (Å²) in [5.74, 6) is -1.93. The van der Waals surface area contributed by atoms with Gasteiger partial charge in [0.2, 0.25) is 0 Å². The lowest BCUT2D eigenvalue weighted by Crippen LogP contribution is -1.97. The van der Waals surface area contributed by atoms with Crippen molar-refractivity contribution in [3.8, 4) is 0 Å². The average molecular weight is 183 g/mol. The molecule has 5 heteroatoms. The maximum Gasteiger partial charge on any atom is 0.352 e. The van der Waals surface area contributed by atoms with Crippen LogP contribution in [0.2, 0.25) is 0 Å². The molecule has 5 nitrogen and oxygen atoms in total. The van der Waals surface area contributed by atoms with Gasteiger partial charge in [-0.05, 0) is 18.1 Å². The van der Waals surface area contributed by atoms with Gasteiger partial charge < -0.3 is 15.2 Å². The van der Waals surface area contributed by atoms with Crippen molar-refractivity contribution >= 4 is 11.9 Å². The Balaban J connectivity index is 2.59. The third-order valence-corrected chi connectivity index (χ3v) is 1.60. The number of hydrogen-bond donors (Lipinski definition) is 3. The second-order valence-corrected chi connectivity index (χ2v) is 2.62. The Labute approximate surface area is 74.0 Å². The van der Waals surface area contributed by atoms with E-state index in [-0.39, 0.29) is 12.1 Å². The maximum atomic E-state index is 10.4. The lowest BCUT2D eigenvalue weighted by molar-refractivity contribution is -0.136. The Kier molecular flexibility index (Phi) is 2.69. The number of carboxylic acids is 2. The van der Waals surface area contributed by atoms with E-state index in [1.807, 2.05) is 0 Å². The molecule has 1 aromatic heterocycles. The van der Waals surface area contributed by atoms with E-state index in [0.717, 1.165) is 0 Å². The fourth-order valence-corrected chi connectivity index (χ4v) is 0.958. The first-order valence-electron chi connectivity index (χ1n) is 3.72. The summed E-state index contributed by atoms with van der Waals surface area (Å²) < 4.78 is 0. The van der Waals surface area contributed by atoms with E-state index < -0.39 is 11.9 Å². The zero-order valence-corrected chi connectivity index (χ0v) is 6.78. The molecule has 0 amide bonds. The van der Waals surface area contributed by atoms with Gasteiger partial charge in [-0.25, -0.2) is 4.79 Å². The Hall–Kier alpha value is -1.78. The number of nitrogens with one attached hydrogen (secondary N) is 1. The van der Waals surface area contributed by atoms with Gasteiger partial charge in [0, 0.05) is 12.6 Å². The number of aliphatic carboxylic acids is 1. The lowest BCUT2D eigenvalue weighted by Gasteiger charge is -1.90. The summed E-state index contributed by atoms with van der Waals surface area (Å²) in [7, 11) is 0. The van der Waals surface area contributed by atoms with Gasteiger partial charge in [-0.3, -0.25) is 4.79 Å². The first-order chi connectivity index (χ1) is 6.09. The summed E-state index contributed by atoms with van der Waals surface area (Å²) in [5.41, 5.74) is 0.778. The van der Waals surface area contributed by atoms with Gasteiger partial charge in [-0.2, -0.15) is 0 Å². The maximum absolute atomic E-state index is 10.4. The molecule has 1 rings (SSSR count). The summed E-state index contributed by atoms with van der Waals surface area (Å²) >= 11 is 0. The van der Waals surface area contributed by atoms with Crippen LogP contribution in [0.1, 0.15) is 22.5 Å². The quantitative estimate of drug-likeness (QED) is 0.641. The lowest BCUT2D eigenvalue weighted by atomic mass is 10.2. The molecule has 0 saturated carbocycles. The van der Waals surface area contributed by atoms with Crippen molar-refractivity contribution in [2.75, 3.05) is 0 Å². The standard InChI is InChI=1S/C8H9NO4/c10-7(11)2-1-5-3-6(8(12)13)9-4-5/h3-4,9H,1-2H2,(H,10,11)(H,12,13). The van der Waals surface area contributed by atoms with Gasteiger partial charge in [0.25, 0.3) is 0 Å². The monoisotopic (exact) mass is 183 g/mol. The van der Waals surface area contributed by atoms with Crippen LogP contribution in [0.3, 0.4) is 0 Å². The van der Waals surface area contributed by atoms with E-state index in [9.17, 15) is 9.59 Å². The number of aromatic amines is 1. The van der Waals surface area contributed by atoms with Crippen LogP contribution >= 0.6 is 0 Å². The van der Waals surface area contributed by atoms with Gasteiger partial charge in [-0.1, -0.05) is 0 Å². The van der Waals surface area contributed by atoms with Crippen molar-refractivity contribution in [1.82, 2.24) is 4.98 Å². The topological polar surface area (TPSA) is 90.4 Å². The molecule has 0 aliphatic carbocycles. The van der Waals surface area contributed by atoms with E-state index in [4.69, 9.17) is 10.2 Å². The molecular formula is C8H9NO4. The highest BCUT2D eigenvalue weighted by Crippen LogP contribution is 2.06. The first kappa shape index (κ1) is 9.31. The smallest absolute Gasteiger partial charge is 0.352 e. The fraction of sp³-hybridized carbons (Fsp3) is 0.250. The van der Waals surface area contributed by atoms with Crippen molar-refractivity contribution in [3.63, 3.8) is 0 Å². The Morgan fingerprint density at radius 2 is 2.08 bits per heavy atom. The normalized spacial score (nSPS) is 9.85. The number of hydrogen-bond acceptors (Lipinski definition) is 2. The molecule has 0 saturated heterocycles. The summed E-state index contributed by atoms with van der Waals surface area (Å²) in [6.07, 6.45) is 1.86. The molecule has 0 spiro atoms. The number of carboxylic acid groups (broad SMARTS) is 2. The second kappa shape index (κ2) is 3.75. The van der Waals surface area contributed by atoms with Crippen molar-refractivity contribution in [2.45, 2.75) is 12.8 Å². The van der Waals surface area contributed by atoms with E-state index in [1.54, 1.807) is 0 Å². The predicted molar refractivity (Wildman–Crippen MR) is 43.7 cm³/mol.